The molecule has 1 heterocycles. The van der Waals surface area contributed by atoms with E-state index in [0.29, 0.717) is 17.8 Å². The molecule has 0 unspecified atom stereocenters. The van der Waals surface area contributed by atoms with Crippen molar-refractivity contribution < 1.29 is 9.90 Å². The minimum absolute atomic E-state index is 0.0577. The van der Waals surface area contributed by atoms with Crippen LogP contribution in [0.15, 0.2) is 78.9 Å². The lowest BCUT2D eigenvalue weighted by Crippen LogP contribution is -2.25. The zero-order valence-corrected chi connectivity index (χ0v) is 16.2. The van der Waals surface area contributed by atoms with Crippen molar-refractivity contribution in [2.45, 2.75) is 20.1 Å². The van der Waals surface area contributed by atoms with Gasteiger partial charge in [-0.2, -0.15) is 0 Å². The molecule has 0 aliphatic heterocycles. The van der Waals surface area contributed by atoms with E-state index in [-0.39, 0.29) is 12.5 Å². The second-order valence-electron chi connectivity index (χ2n) is 6.94. The van der Waals surface area contributed by atoms with E-state index < -0.39 is 0 Å². The third-order valence-corrected chi connectivity index (χ3v) is 5.09. The van der Waals surface area contributed by atoms with Crippen molar-refractivity contribution in [3.63, 3.8) is 0 Å². The van der Waals surface area contributed by atoms with Crippen LogP contribution in [0.4, 0.5) is 0 Å². The number of nitrogens with zero attached hydrogens (tertiary/aromatic N) is 1. The van der Waals surface area contributed by atoms with Crippen LogP contribution in [0.2, 0.25) is 0 Å². The highest BCUT2D eigenvalue weighted by atomic mass is 16.3. The molecule has 0 spiro atoms. The summed E-state index contributed by atoms with van der Waals surface area (Å²) < 4.78 is 0. The number of aryl methyl sites for hydroxylation is 1. The Bertz CT molecular complexity index is 1170. The van der Waals surface area contributed by atoms with E-state index in [1.807, 2.05) is 85.8 Å². The molecule has 4 nitrogen and oxygen atoms in total. The Labute approximate surface area is 169 Å². The van der Waals surface area contributed by atoms with Crippen molar-refractivity contribution in [2.24, 2.45) is 0 Å². The number of aliphatic hydroxyl groups excluding tert-OH is 1. The number of aromatic nitrogens is 1. The summed E-state index contributed by atoms with van der Waals surface area (Å²) in [6.07, 6.45) is 0. The zero-order chi connectivity index (χ0) is 20.2. The topological polar surface area (TPSA) is 62.2 Å². The Morgan fingerprint density at radius 1 is 0.897 bits per heavy atom. The minimum Gasteiger partial charge on any atom is -0.392 e. The summed E-state index contributed by atoms with van der Waals surface area (Å²) in [6, 6.07) is 25.4. The van der Waals surface area contributed by atoms with Gasteiger partial charge in [0.05, 0.1) is 23.4 Å². The lowest BCUT2D eigenvalue weighted by atomic mass is 9.94. The largest absolute Gasteiger partial charge is 0.392 e. The van der Waals surface area contributed by atoms with Crippen LogP contribution in [0.5, 0.6) is 0 Å². The Morgan fingerprint density at radius 3 is 2.31 bits per heavy atom. The monoisotopic (exact) mass is 382 g/mol. The molecule has 1 amide bonds. The molecule has 0 fully saturated rings. The average molecular weight is 382 g/mol. The van der Waals surface area contributed by atoms with Gasteiger partial charge in [0.25, 0.3) is 5.91 Å². The number of benzene rings is 3. The normalized spacial score (nSPS) is 10.8. The van der Waals surface area contributed by atoms with Crippen LogP contribution in [-0.4, -0.2) is 16.0 Å². The van der Waals surface area contributed by atoms with E-state index in [9.17, 15) is 9.90 Å². The molecule has 0 atom stereocenters. The number of amides is 1. The van der Waals surface area contributed by atoms with E-state index in [2.05, 4.69) is 10.3 Å². The van der Waals surface area contributed by atoms with Crippen LogP contribution < -0.4 is 5.32 Å². The van der Waals surface area contributed by atoms with Crippen LogP contribution in [0.1, 0.15) is 27.2 Å². The summed E-state index contributed by atoms with van der Waals surface area (Å²) in [5, 5.41) is 13.5. The molecule has 29 heavy (non-hydrogen) atoms. The van der Waals surface area contributed by atoms with Crippen molar-refractivity contribution in [3.8, 4) is 11.1 Å². The number of para-hydroxylation sites is 1. The first-order valence-electron chi connectivity index (χ1n) is 9.59. The van der Waals surface area contributed by atoms with Gasteiger partial charge in [-0.1, -0.05) is 72.8 Å². The van der Waals surface area contributed by atoms with E-state index in [1.165, 1.54) is 0 Å². The average Bonchev–Trinajstić information content (AvgIpc) is 2.77. The van der Waals surface area contributed by atoms with Crippen molar-refractivity contribution >= 4 is 16.8 Å². The van der Waals surface area contributed by atoms with Crippen LogP contribution in [-0.2, 0) is 13.2 Å². The van der Waals surface area contributed by atoms with Crippen molar-refractivity contribution in [1.82, 2.24) is 10.3 Å². The second-order valence-corrected chi connectivity index (χ2v) is 6.94. The SMILES string of the molecule is Cc1nc2ccccc2c(-c2ccccc2)c1C(=O)NCc1ccccc1CO. The summed E-state index contributed by atoms with van der Waals surface area (Å²) in [7, 11) is 0. The number of pyridine rings is 1. The molecule has 1 aromatic heterocycles. The molecule has 0 aliphatic rings. The molecule has 4 aromatic rings. The van der Waals surface area contributed by atoms with Crippen molar-refractivity contribution in [2.75, 3.05) is 0 Å². The molecule has 0 aliphatic carbocycles. The first-order valence-corrected chi connectivity index (χ1v) is 9.59. The Kier molecular flexibility index (Phi) is 5.36. The Hall–Kier alpha value is -3.50. The smallest absolute Gasteiger partial charge is 0.254 e. The minimum atomic E-state index is -0.174. The number of hydrogen-bond acceptors (Lipinski definition) is 3. The number of carbonyl (C=O) groups is 1. The highest BCUT2D eigenvalue weighted by Gasteiger charge is 2.20. The van der Waals surface area contributed by atoms with Gasteiger partial charge in [-0.25, -0.2) is 0 Å². The van der Waals surface area contributed by atoms with Crippen LogP contribution in [0.25, 0.3) is 22.0 Å². The Morgan fingerprint density at radius 2 is 1.55 bits per heavy atom. The fraction of sp³-hybridized carbons (Fsp3) is 0.120. The second kappa shape index (κ2) is 8.25. The lowest BCUT2D eigenvalue weighted by molar-refractivity contribution is 0.0950. The molecule has 0 radical (unpaired) electrons. The maximum Gasteiger partial charge on any atom is 0.254 e. The van der Waals surface area contributed by atoms with Gasteiger partial charge in [0.15, 0.2) is 0 Å². The quantitative estimate of drug-likeness (QED) is 0.529. The first kappa shape index (κ1) is 18.8. The molecule has 0 bridgehead atoms. The predicted molar refractivity (Wildman–Crippen MR) is 115 cm³/mol. The van der Waals surface area contributed by atoms with Crippen LogP contribution >= 0.6 is 0 Å². The summed E-state index contributed by atoms with van der Waals surface area (Å²) in [5.74, 6) is -0.174. The summed E-state index contributed by atoms with van der Waals surface area (Å²) in [6.45, 7) is 2.16. The van der Waals surface area contributed by atoms with Gasteiger partial charge < -0.3 is 10.4 Å². The van der Waals surface area contributed by atoms with Crippen molar-refractivity contribution in [1.29, 1.82) is 0 Å². The highest BCUT2D eigenvalue weighted by molar-refractivity contribution is 6.09. The molecular weight excluding hydrogens is 360 g/mol. The fourth-order valence-corrected chi connectivity index (χ4v) is 3.67. The van der Waals surface area contributed by atoms with Gasteiger partial charge in [0.2, 0.25) is 0 Å². The predicted octanol–water partition coefficient (Wildman–Crippen LogP) is 4.63. The number of aliphatic hydroxyl groups is 1. The fourth-order valence-electron chi connectivity index (χ4n) is 3.67. The number of carbonyl (C=O) groups excluding carboxylic acids is 1. The van der Waals surface area contributed by atoms with Crippen LogP contribution in [0.3, 0.4) is 0 Å². The van der Waals surface area contributed by atoms with E-state index in [4.69, 9.17) is 0 Å². The molecule has 2 N–H and O–H groups in total. The van der Waals surface area contributed by atoms with Crippen LogP contribution in [0, 0.1) is 6.92 Å². The highest BCUT2D eigenvalue weighted by Crippen LogP contribution is 2.33. The third-order valence-electron chi connectivity index (χ3n) is 5.09. The van der Waals surface area contributed by atoms with Gasteiger partial charge >= 0.3 is 0 Å². The summed E-state index contributed by atoms with van der Waals surface area (Å²) >= 11 is 0. The van der Waals surface area contributed by atoms with E-state index >= 15 is 0 Å². The maximum atomic E-state index is 13.3. The van der Waals surface area contributed by atoms with Crippen molar-refractivity contribution in [3.05, 3.63) is 101 Å². The number of nitrogens with one attached hydrogen (secondary N) is 1. The molecular formula is C25H22N2O2. The van der Waals surface area contributed by atoms with Gasteiger partial charge in [0, 0.05) is 17.5 Å². The van der Waals surface area contributed by atoms with Gasteiger partial charge in [0.1, 0.15) is 0 Å². The van der Waals surface area contributed by atoms with Gasteiger partial charge in [-0.05, 0) is 29.7 Å². The van der Waals surface area contributed by atoms with E-state index in [0.717, 1.165) is 33.2 Å². The van der Waals surface area contributed by atoms with Gasteiger partial charge in [-0.15, -0.1) is 0 Å². The first-order chi connectivity index (χ1) is 14.2. The zero-order valence-electron chi connectivity index (χ0n) is 16.2. The molecule has 0 saturated heterocycles. The van der Waals surface area contributed by atoms with Gasteiger partial charge in [-0.3, -0.25) is 9.78 Å². The number of fused-ring (bicyclic) bond motifs is 1. The lowest BCUT2D eigenvalue weighted by Gasteiger charge is -2.16. The maximum absolute atomic E-state index is 13.3. The Balaban J connectivity index is 1.78. The molecule has 3 aromatic carbocycles. The summed E-state index contributed by atoms with van der Waals surface area (Å²) in [5.41, 5.74) is 5.72. The molecule has 4 rings (SSSR count). The molecule has 4 heteroatoms. The molecule has 0 saturated carbocycles. The van der Waals surface area contributed by atoms with E-state index in [1.54, 1.807) is 0 Å². The number of rotatable bonds is 5. The number of hydrogen-bond donors (Lipinski definition) is 2. The third kappa shape index (κ3) is 3.75. The molecule has 144 valence electrons. The standard InChI is InChI=1S/C25H22N2O2/c1-17-23(25(29)26-15-19-11-5-6-12-20(19)16-28)24(18-9-3-2-4-10-18)21-13-7-8-14-22(21)27-17/h2-14,28H,15-16H2,1H3,(H,26,29). The summed E-state index contributed by atoms with van der Waals surface area (Å²) in [4.78, 5) is 17.9.